The van der Waals surface area contributed by atoms with Crippen molar-refractivity contribution >= 4 is 17.5 Å². The molecule has 2 heterocycles. The lowest BCUT2D eigenvalue weighted by atomic mass is 9.77. The molecule has 32 heavy (non-hydrogen) atoms. The van der Waals surface area contributed by atoms with Crippen LogP contribution in [-0.4, -0.2) is 52.8 Å². The quantitative estimate of drug-likeness (QED) is 0.609. The second-order valence-electron chi connectivity index (χ2n) is 9.19. The van der Waals surface area contributed by atoms with Crippen LogP contribution in [0.15, 0.2) is 24.4 Å². The summed E-state index contributed by atoms with van der Waals surface area (Å²) in [7, 11) is 3.46. The molecule has 0 amide bonds. The van der Waals surface area contributed by atoms with Crippen molar-refractivity contribution in [2.45, 2.75) is 64.3 Å². The van der Waals surface area contributed by atoms with Gasteiger partial charge in [-0.1, -0.05) is 0 Å². The van der Waals surface area contributed by atoms with E-state index in [-0.39, 0.29) is 40.4 Å². The molecule has 1 aliphatic rings. The van der Waals surface area contributed by atoms with Gasteiger partial charge in [0.1, 0.15) is 0 Å². The number of methoxy groups -OCH3 is 1. The molecule has 0 radical (unpaired) electrons. The predicted octanol–water partition coefficient (Wildman–Crippen LogP) is 5.03. The Morgan fingerprint density at radius 3 is 2.38 bits per heavy atom. The van der Waals surface area contributed by atoms with Crippen LogP contribution in [0, 0.1) is 5.82 Å². The second kappa shape index (κ2) is 9.01. The third-order valence-electron chi connectivity index (χ3n) is 6.03. The zero-order valence-electron chi connectivity index (χ0n) is 19.2. The molecule has 0 saturated carbocycles. The highest BCUT2D eigenvalue weighted by Gasteiger charge is 2.43. The predicted molar refractivity (Wildman–Crippen MR) is 117 cm³/mol. The summed E-state index contributed by atoms with van der Waals surface area (Å²) in [5.74, 6) is -0.342. The van der Waals surface area contributed by atoms with E-state index in [1.54, 1.807) is 6.07 Å². The molecular weight excluding hydrogens is 423 g/mol. The summed E-state index contributed by atoms with van der Waals surface area (Å²) in [5.41, 5.74) is 0.239. The zero-order chi connectivity index (χ0) is 23.7. The molecule has 176 valence electrons. The van der Waals surface area contributed by atoms with E-state index < -0.39 is 12.4 Å². The molecule has 0 unspecified atom stereocenters. The molecule has 2 N–H and O–H groups in total. The molecule has 1 aromatic heterocycles. The topological polar surface area (TPSA) is 71.5 Å². The molecule has 7 nitrogen and oxygen atoms in total. The van der Waals surface area contributed by atoms with Gasteiger partial charge in [-0.25, -0.2) is 9.37 Å². The number of benzene rings is 1. The molecule has 1 saturated heterocycles. The maximum Gasteiger partial charge on any atom is 0.387 e. The van der Waals surface area contributed by atoms with Crippen LogP contribution in [0.5, 0.6) is 11.5 Å². The highest BCUT2D eigenvalue weighted by molar-refractivity contribution is 5.60. The largest absolute Gasteiger partial charge is 0.493 e. The SMILES string of the molecule is COc1ccc(Nc2ncc(F)c(NC3CC(C)(C)N(C)C(C)(C)C3)n2)cc1OC(F)F. The van der Waals surface area contributed by atoms with Crippen molar-refractivity contribution in [3.63, 3.8) is 0 Å². The summed E-state index contributed by atoms with van der Waals surface area (Å²) >= 11 is 0. The Hall–Kier alpha value is -2.75. The third-order valence-corrected chi connectivity index (χ3v) is 6.03. The van der Waals surface area contributed by atoms with E-state index in [1.807, 2.05) is 0 Å². The van der Waals surface area contributed by atoms with Crippen molar-refractivity contribution in [3.8, 4) is 11.5 Å². The summed E-state index contributed by atoms with van der Waals surface area (Å²) in [5, 5.41) is 6.12. The maximum atomic E-state index is 14.5. The smallest absolute Gasteiger partial charge is 0.387 e. The Balaban J connectivity index is 1.79. The van der Waals surface area contributed by atoms with Gasteiger partial charge in [0.25, 0.3) is 0 Å². The Labute approximate surface area is 186 Å². The minimum atomic E-state index is -3.00. The number of aromatic nitrogens is 2. The number of alkyl halides is 2. The molecule has 2 aromatic rings. The molecule has 1 aromatic carbocycles. The molecule has 1 aliphatic heterocycles. The first-order valence-electron chi connectivity index (χ1n) is 10.3. The normalized spacial score (nSPS) is 18.4. The molecule has 10 heteroatoms. The Bertz CT molecular complexity index is 937. The lowest BCUT2D eigenvalue weighted by molar-refractivity contribution is -0.0511. The molecule has 0 bridgehead atoms. The maximum absolute atomic E-state index is 14.5. The van der Waals surface area contributed by atoms with Gasteiger partial charge in [0.2, 0.25) is 5.95 Å². The van der Waals surface area contributed by atoms with Crippen molar-refractivity contribution in [2.24, 2.45) is 0 Å². The molecule has 0 atom stereocenters. The van der Waals surface area contributed by atoms with Crippen molar-refractivity contribution in [1.29, 1.82) is 0 Å². The van der Waals surface area contributed by atoms with Crippen LogP contribution < -0.4 is 20.1 Å². The van der Waals surface area contributed by atoms with Gasteiger partial charge in [-0.2, -0.15) is 13.8 Å². The number of likely N-dealkylation sites (tertiary alicyclic amines) is 1. The second-order valence-corrected chi connectivity index (χ2v) is 9.19. The van der Waals surface area contributed by atoms with Crippen LogP contribution in [0.3, 0.4) is 0 Å². The van der Waals surface area contributed by atoms with E-state index in [0.29, 0.717) is 5.69 Å². The highest BCUT2D eigenvalue weighted by atomic mass is 19.3. The standard InChI is InChI=1S/C22H30F3N5O2/c1-21(2)10-14(11-22(3,4)30(21)5)27-18-15(23)12-26-20(29-18)28-13-7-8-16(31-6)17(9-13)32-19(24)25/h7-9,12,14,19H,10-11H2,1-6H3,(H2,26,27,28,29). The van der Waals surface area contributed by atoms with Crippen molar-refractivity contribution in [3.05, 3.63) is 30.2 Å². The van der Waals surface area contributed by atoms with Gasteiger partial charge in [0, 0.05) is 28.9 Å². The van der Waals surface area contributed by atoms with E-state index in [0.717, 1.165) is 19.0 Å². The minimum Gasteiger partial charge on any atom is -0.493 e. The molecule has 0 spiro atoms. The lowest BCUT2D eigenvalue weighted by Crippen LogP contribution is -2.61. The molecule has 3 rings (SSSR count). The van der Waals surface area contributed by atoms with Crippen LogP contribution >= 0.6 is 0 Å². The third kappa shape index (κ3) is 5.35. The van der Waals surface area contributed by atoms with Crippen LogP contribution in [0.1, 0.15) is 40.5 Å². The number of rotatable bonds is 7. The first-order valence-corrected chi connectivity index (χ1v) is 10.3. The van der Waals surface area contributed by atoms with E-state index in [1.165, 1.54) is 19.2 Å². The van der Waals surface area contributed by atoms with Crippen molar-refractivity contribution in [2.75, 3.05) is 24.8 Å². The van der Waals surface area contributed by atoms with Crippen molar-refractivity contribution in [1.82, 2.24) is 14.9 Å². The Morgan fingerprint density at radius 2 is 1.78 bits per heavy atom. The van der Waals surface area contributed by atoms with E-state index >= 15 is 0 Å². The molecule has 1 fully saturated rings. The zero-order valence-corrected chi connectivity index (χ0v) is 19.2. The van der Waals surface area contributed by atoms with Crippen LogP contribution in [0.2, 0.25) is 0 Å². The van der Waals surface area contributed by atoms with Gasteiger partial charge >= 0.3 is 6.61 Å². The number of piperidine rings is 1. The first kappa shape index (κ1) is 23.9. The van der Waals surface area contributed by atoms with Crippen LogP contribution in [-0.2, 0) is 0 Å². The number of hydrogen-bond acceptors (Lipinski definition) is 7. The highest BCUT2D eigenvalue weighted by Crippen LogP contribution is 2.38. The van der Waals surface area contributed by atoms with E-state index in [2.05, 4.69) is 65.0 Å². The van der Waals surface area contributed by atoms with Gasteiger partial charge < -0.3 is 20.1 Å². The number of nitrogens with one attached hydrogen (secondary N) is 2. The number of nitrogens with zero attached hydrogens (tertiary/aromatic N) is 3. The Kier molecular flexibility index (Phi) is 6.73. The number of anilines is 3. The first-order chi connectivity index (χ1) is 14.9. The lowest BCUT2D eigenvalue weighted by Gasteiger charge is -2.53. The van der Waals surface area contributed by atoms with Gasteiger partial charge in [0.05, 0.1) is 13.3 Å². The number of ether oxygens (including phenoxy) is 2. The van der Waals surface area contributed by atoms with Crippen LogP contribution in [0.25, 0.3) is 0 Å². The average molecular weight is 454 g/mol. The summed E-state index contributed by atoms with van der Waals surface area (Å²) in [4.78, 5) is 10.6. The summed E-state index contributed by atoms with van der Waals surface area (Å²) in [6, 6.07) is 4.43. The summed E-state index contributed by atoms with van der Waals surface area (Å²) < 4.78 is 49.4. The van der Waals surface area contributed by atoms with Gasteiger partial charge in [-0.15, -0.1) is 0 Å². The minimum absolute atomic E-state index is 0.0143. The summed E-state index contributed by atoms with van der Waals surface area (Å²) in [6.45, 7) is 5.65. The van der Waals surface area contributed by atoms with Gasteiger partial charge in [0.15, 0.2) is 23.1 Å². The van der Waals surface area contributed by atoms with E-state index in [9.17, 15) is 13.2 Å². The Morgan fingerprint density at radius 1 is 1.12 bits per heavy atom. The van der Waals surface area contributed by atoms with E-state index in [4.69, 9.17) is 4.74 Å². The van der Waals surface area contributed by atoms with Gasteiger partial charge in [-0.05, 0) is 59.7 Å². The fraction of sp³-hybridized carbons (Fsp3) is 0.545. The fourth-order valence-corrected chi connectivity index (χ4v) is 4.27. The summed E-state index contributed by atoms with van der Waals surface area (Å²) in [6.07, 6.45) is 2.70. The number of halogens is 3. The molecule has 0 aliphatic carbocycles. The monoisotopic (exact) mass is 453 g/mol. The molecular formula is C22H30F3N5O2. The fourth-order valence-electron chi connectivity index (χ4n) is 4.27. The van der Waals surface area contributed by atoms with Crippen LogP contribution in [0.4, 0.5) is 30.6 Å². The average Bonchev–Trinajstić information content (AvgIpc) is 2.68. The van der Waals surface area contributed by atoms with Gasteiger partial charge in [-0.3, -0.25) is 4.90 Å². The number of hydrogen-bond donors (Lipinski definition) is 2. The van der Waals surface area contributed by atoms with Crippen molar-refractivity contribution < 1.29 is 22.6 Å².